The number of carbonyl (C=O) groups is 2. The topological polar surface area (TPSA) is 78.2 Å². The van der Waals surface area contributed by atoms with Gasteiger partial charge in [-0.25, -0.2) is 9.48 Å². The number of esters is 1. The zero-order valence-corrected chi connectivity index (χ0v) is 17.3. The van der Waals surface area contributed by atoms with Gasteiger partial charge in [0.25, 0.3) is 5.91 Å². The maximum absolute atomic E-state index is 13.1. The summed E-state index contributed by atoms with van der Waals surface area (Å²) < 4.78 is 8.52. The summed E-state index contributed by atoms with van der Waals surface area (Å²) in [5.41, 5.74) is 1.29. The number of rotatable bonds is 5. The smallest absolute Gasteiger partial charge is 0.328 e. The highest BCUT2D eigenvalue weighted by atomic mass is 16.5. The van der Waals surface area contributed by atoms with E-state index in [0.717, 1.165) is 11.5 Å². The monoisotopic (exact) mass is 394 g/mol. The van der Waals surface area contributed by atoms with Crippen LogP contribution in [0.5, 0.6) is 0 Å². The van der Waals surface area contributed by atoms with Crippen molar-refractivity contribution in [3.05, 3.63) is 66.1 Å². The lowest BCUT2D eigenvalue weighted by Crippen LogP contribution is -2.49. The first-order valence-corrected chi connectivity index (χ1v) is 9.41. The minimum atomic E-state index is -0.795. The van der Waals surface area contributed by atoms with Crippen LogP contribution in [0.25, 0.3) is 11.5 Å². The van der Waals surface area contributed by atoms with Crippen molar-refractivity contribution in [2.45, 2.75) is 33.7 Å². The van der Waals surface area contributed by atoms with E-state index in [0.29, 0.717) is 5.56 Å². The van der Waals surface area contributed by atoms with Gasteiger partial charge in [-0.1, -0.05) is 39.0 Å². The Morgan fingerprint density at radius 3 is 2.24 bits per heavy atom. The standard InChI is InChI=1S/C22H26N4O3/c1-15-17(19(27)23-18(21(28)29-5)22(2,3)4)24-26(16-11-7-6-8-12-16)20(15)25-13-9-10-14-25/h6-14,18H,1-5H3,(H,23,27)/t18-/m1/s1. The molecule has 29 heavy (non-hydrogen) atoms. The van der Waals surface area contributed by atoms with Crippen LogP contribution in [0.15, 0.2) is 54.9 Å². The van der Waals surface area contributed by atoms with Crippen molar-refractivity contribution < 1.29 is 14.3 Å². The molecule has 0 aliphatic carbocycles. The van der Waals surface area contributed by atoms with E-state index in [1.165, 1.54) is 7.11 Å². The van der Waals surface area contributed by atoms with Gasteiger partial charge in [-0.2, -0.15) is 5.10 Å². The van der Waals surface area contributed by atoms with Crippen LogP contribution >= 0.6 is 0 Å². The van der Waals surface area contributed by atoms with E-state index in [-0.39, 0.29) is 5.69 Å². The molecule has 1 aromatic carbocycles. The third kappa shape index (κ3) is 4.08. The Kier molecular flexibility index (Phi) is 5.59. The summed E-state index contributed by atoms with van der Waals surface area (Å²) in [5, 5.41) is 7.39. The van der Waals surface area contributed by atoms with Gasteiger partial charge in [0.05, 0.1) is 12.8 Å². The average molecular weight is 394 g/mol. The molecule has 0 aliphatic rings. The number of aromatic nitrogens is 3. The minimum absolute atomic E-state index is 0.260. The third-order valence-corrected chi connectivity index (χ3v) is 4.73. The highest BCUT2D eigenvalue weighted by molar-refractivity contribution is 5.97. The van der Waals surface area contributed by atoms with Crippen LogP contribution in [0.1, 0.15) is 36.8 Å². The lowest BCUT2D eigenvalue weighted by Gasteiger charge is -2.28. The Balaban J connectivity index is 2.06. The molecule has 0 aliphatic heterocycles. The molecule has 0 spiro atoms. The summed E-state index contributed by atoms with van der Waals surface area (Å²) in [6, 6.07) is 12.6. The number of nitrogens with one attached hydrogen (secondary N) is 1. The number of nitrogens with zero attached hydrogens (tertiary/aromatic N) is 3. The Hall–Kier alpha value is -3.35. The number of amides is 1. The van der Waals surface area contributed by atoms with Crippen LogP contribution in [-0.4, -0.2) is 39.4 Å². The second kappa shape index (κ2) is 7.95. The van der Waals surface area contributed by atoms with Crippen LogP contribution in [0.4, 0.5) is 0 Å². The largest absolute Gasteiger partial charge is 0.467 e. The van der Waals surface area contributed by atoms with Crippen LogP contribution in [0.2, 0.25) is 0 Å². The van der Waals surface area contributed by atoms with Gasteiger partial charge in [0.2, 0.25) is 0 Å². The second-order valence-corrected chi connectivity index (χ2v) is 7.93. The van der Waals surface area contributed by atoms with Gasteiger partial charge in [0, 0.05) is 18.0 Å². The lowest BCUT2D eigenvalue weighted by atomic mass is 9.86. The first-order valence-electron chi connectivity index (χ1n) is 9.41. The highest BCUT2D eigenvalue weighted by Gasteiger charge is 2.35. The minimum Gasteiger partial charge on any atom is -0.467 e. The van der Waals surface area contributed by atoms with Crippen LogP contribution in [-0.2, 0) is 9.53 Å². The molecule has 2 aromatic heterocycles. The van der Waals surface area contributed by atoms with Crippen molar-refractivity contribution in [1.82, 2.24) is 19.7 Å². The normalized spacial score (nSPS) is 12.4. The summed E-state index contributed by atoms with van der Waals surface area (Å²) in [6.07, 6.45) is 3.80. The maximum Gasteiger partial charge on any atom is 0.328 e. The average Bonchev–Trinajstić information content (AvgIpc) is 3.32. The number of hydrogen-bond donors (Lipinski definition) is 1. The van der Waals surface area contributed by atoms with Gasteiger partial charge in [-0.05, 0) is 36.6 Å². The maximum atomic E-state index is 13.1. The number of hydrogen-bond acceptors (Lipinski definition) is 4. The quantitative estimate of drug-likeness (QED) is 0.674. The second-order valence-electron chi connectivity index (χ2n) is 7.93. The van der Waals surface area contributed by atoms with Crippen molar-refractivity contribution in [3.8, 4) is 11.5 Å². The Morgan fingerprint density at radius 2 is 1.69 bits per heavy atom. The zero-order chi connectivity index (χ0) is 21.2. The van der Waals surface area contributed by atoms with E-state index in [4.69, 9.17) is 4.74 Å². The molecule has 1 atom stereocenters. The van der Waals surface area contributed by atoms with Crippen molar-refractivity contribution in [3.63, 3.8) is 0 Å². The molecule has 0 fully saturated rings. The zero-order valence-electron chi connectivity index (χ0n) is 17.3. The fraction of sp³-hybridized carbons (Fsp3) is 0.318. The molecule has 2 heterocycles. The summed E-state index contributed by atoms with van der Waals surface area (Å²) in [5.74, 6) is -0.149. The molecule has 1 amide bonds. The van der Waals surface area contributed by atoms with E-state index in [1.54, 1.807) is 4.68 Å². The molecule has 7 nitrogen and oxygen atoms in total. The van der Waals surface area contributed by atoms with Gasteiger partial charge in [-0.3, -0.25) is 4.79 Å². The summed E-state index contributed by atoms with van der Waals surface area (Å²) in [6.45, 7) is 7.46. The van der Waals surface area contributed by atoms with Crippen LogP contribution < -0.4 is 5.32 Å². The fourth-order valence-corrected chi connectivity index (χ4v) is 3.18. The van der Waals surface area contributed by atoms with E-state index in [9.17, 15) is 9.59 Å². The van der Waals surface area contributed by atoms with E-state index in [1.807, 2.05) is 87.1 Å². The molecule has 1 N–H and O–H groups in total. The molecular weight excluding hydrogens is 368 g/mol. The molecule has 3 rings (SSSR count). The summed E-state index contributed by atoms with van der Waals surface area (Å²) in [7, 11) is 1.31. The number of ether oxygens (including phenoxy) is 1. The van der Waals surface area contributed by atoms with Gasteiger partial charge in [0.15, 0.2) is 5.69 Å². The predicted molar refractivity (Wildman–Crippen MR) is 110 cm³/mol. The highest BCUT2D eigenvalue weighted by Crippen LogP contribution is 2.24. The molecule has 0 saturated heterocycles. The van der Waals surface area contributed by atoms with E-state index >= 15 is 0 Å². The Bertz CT molecular complexity index is 999. The number of para-hydroxylation sites is 1. The first-order chi connectivity index (χ1) is 13.7. The molecule has 0 bridgehead atoms. The van der Waals surface area contributed by atoms with E-state index in [2.05, 4.69) is 10.4 Å². The lowest BCUT2D eigenvalue weighted by molar-refractivity contribution is -0.145. The summed E-state index contributed by atoms with van der Waals surface area (Å²) in [4.78, 5) is 25.3. The molecule has 152 valence electrons. The molecule has 3 aromatic rings. The third-order valence-electron chi connectivity index (χ3n) is 4.73. The van der Waals surface area contributed by atoms with Crippen molar-refractivity contribution >= 4 is 11.9 Å². The van der Waals surface area contributed by atoms with E-state index < -0.39 is 23.3 Å². The number of methoxy groups -OCH3 is 1. The predicted octanol–water partition coefficient (Wildman–Crippen LogP) is 3.29. The SMILES string of the molecule is COC(=O)[C@@H](NC(=O)c1nn(-c2ccccc2)c(-n2cccc2)c1C)C(C)(C)C. The molecule has 0 unspecified atom stereocenters. The van der Waals surface area contributed by atoms with Gasteiger partial charge >= 0.3 is 5.97 Å². The number of benzene rings is 1. The molecule has 0 saturated carbocycles. The number of carbonyl (C=O) groups excluding carboxylic acids is 2. The first kappa shape index (κ1) is 20.4. The van der Waals surface area contributed by atoms with Gasteiger partial charge < -0.3 is 14.6 Å². The Labute approximate surface area is 170 Å². The van der Waals surface area contributed by atoms with Crippen molar-refractivity contribution in [2.24, 2.45) is 5.41 Å². The van der Waals surface area contributed by atoms with Crippen molar-refractivity contribution in [2.75, 3.05) is 7.11 Å². The molecular formula is C22H26N4O3. The Morgan fingerprint density at radius 1 is 1.07 bits per heavy atom. The fourth-order valence-electron chi connectivity index (χ4n) is 3.18. The van der Waals surface area contributed by atoms with Crippen LogP contribution in [0.3, 0.4) is 0 Å². The van der Waals surface area contributed by atoms with Crippen LogP contribution in [0, 0.1) is 12.3 Å². The van der Waals surface area contributed by atoms with Gasteiger partial charge in [0.1, 0.15) is 11.9 Å². The van der Waals surface area contributed by atoms with Gasteiger partial charge in [-0.15, -0.1) is 0 Å². The molecule has 7 heteroatoms. The van der Waals surface area contributed by atoms with Crippen molar-refractivity contribution in [1.29, 1.82) is 0 Å². The summed E-state index contributed by atoms with van der Waals surface area (Å²) >= 11 is 0. The molecule has 0 radical (unpaired) electrons.